The van der Waals surface area contributed by atoms with Crippen LogP contribution in [0.2, 0.25) is 0 Å². The molecule has 0 radical (unpaired) electrons. The minimum atomic E-state index is -0.0495. The number of rotatable bonds is 2. The first-order valence-corrected chi connectivity index (χ1v) is 12.2. The van der Waals surface area contributed by atoms with Crippen molar-refractivity contribution < 1.29 is 13.3 Å². The van der Waals surface area contributed by atoms with Gasteiger partial charge < -0.3 is 13.3 Å². The van der Waals surface area contributed by atoms with Crippen molar-refractivity contribution in [1.29, 1.82) is 0 Å². The molecule has 0 bridgehead atoms. The third-order valence-electron chi connectivity index (χ3n) is 6.07. The Balaban J connectivity index is 1.40. The summed E-state index contributed by atoms with van der Waals surface area (Å²) >= 11 is 1.65. The van der Waals surface area contributed by atoms with Gasteiger partial charge in [0.1, 0.15) is 5.52 Å². The number of oxazole rings is 1. The summed E-state index contributed by atoms with van der Waals surface area (Å²) in [6.07, 6.45) is 0. The summed E-state index contributed by atoms with van der Waals surface area (Å²) in [7, 11) is 0. The quantitative estimate of drug-likeness (QED) is 0.253. The van der Waals surface area contributed by atoms with Gasteiger partial charge in [-0.2, -0.15) is 0 Å². The van der Waals surface area contributed by atoms with Crippen molar-refractivity contribution in [1.82, 2.24) is 9.97 Å². The van der Waals surface area contributed by atoms with Crippen LogP contribution in [0.4, 0.5) is 0 Å². The van der Waals surface area contributed by atoms with Gasteiger partial charge in [0.05, 0.1) is 10.2 Å². The first-order valence-electron chi connectivity index (χ1n) is 11.4. The Morgan fingerprint density at radius 2 is 1.29 bits per heavy atom. The molecule has 0 spiro atoms. The zero-order valence-electron chi connectivity index (χ0n) is 20.1. The minimum Gasteiger partial charge on any atom is -0.450 e. The van der Waals surface area contributed by atoms with Crippen LogP contribution in [-0.2, 0) is 10.8 Å². The number of nitrogens with zero attached hydrogens (tertiary/aromatic N) is 2. The number of aromatic nitrogens is 2. The Morgan fingerprint density at radius 1 is 0.676 bits per heavy atom. The fourth-order valence-corrected chi connectivity index (χ4v) is 5.58. The Bertz CT molecular complexity index is 1530. The maximum atomic E-state index is 6.15. The molecular formula is C28H26N2O3S. The van der Waals surface area contributed by atoms with Gasteiger partial charge in [0.2, 0.25) is 0 Å². The van der Waals surface area contributed by atoms with Crippen molar-refractivity contribution in [3.05, 3.63) is 59.7 Å². The number of fused-ring (bicyclic) bond motifs is 3. The van der Waals surface area contributed by atoms with Crippen LogP contribution in [0.3, 0.4) is 0 Å². The summed E-state index contributed by atoms with van der Waals surface area (Å²) in [5.74, 6) is 1.71. The molecule has 4 aromatic heterocycles. The molecule has 172 valence electrons. The number of benzene rings is 2. The topological polar surface area (TPSA) is 65.2 Å². The largest absolute Gasteiger partial charge is 0.450 e. The standard InChI is InChI=1S/C28H26N2O3S/c1-27(2,3)15-9-7-11-17-23(15)33-25(29-17)21-13-19-20(31-21)14-22(32-19)26-30-18-12-8-10-16(24(18)34-26)28(4,5)6/h7-14H,1-6H3. The fraction of sp³-hybridized carbons (Fsp3) is 0.286. The first kappa shape index (κ1) is 21.2. The summed E-state index contributed by atoms with van der Waals surface area (Å²) in [5.41, 5.74) is 6.30. The van der Waals surface area contributed by atoms with Gasteiger partial charge in [0.15, 0.2) is 33.3 Å². The van der Waals surface area contributed by atoms with E-state index in [0.29, 0.717) is 28.6 Å². The van der Waals surface area contributed by atoms with Crippen molar-refractivity contribution in [2.24, 2.45) is 0 Å². The highest BCUT2D eigenvalue weighted by atomic mass is 32.1. The Labute approximate surface area is 201 Å². The third-order valence-corrected chi connectivity index (χ3v) is 7.19. The van der Waals surface area contributed by atoms with Gasteiger partial charge in [0.25, 0.3) is 5.89 Å². The smallest absolute Gasteiger partial charge is 0.264 e. The molecule has 0 atom stereocenters. The highest BCUT2D eigenvalue weighted by molar-refractivity contribution is 7.21. The maximum Gasteiger partial charge on any atom is 0.264 e. The van der Waals surface area contributed by atoms with E-state index in [4.69, 9.17) is 18.2 Å². The maximum absolute atomic E-state index is 6.15. The number of thiazole rings is 1. The molecule has 6 aromatic rings. The van der Waals surface area contributed by atoms with Gasteiger partial charge in [-0.05, 0) is 28.5 Å². The van der Waals surface area contributed by atoms with E-state index in [0.717, 1.165) is 27.2 Å². The Kier molecular flexibility index (Phi) is 4.40. The van der Waals surface area contributed by atoms with E-state index < -0.39 is 0 Å². The van der Waals surface area contributed by atoms with Crippen molar-refractivity contribution >= 4 is 43.8 Å². The van der Waals surface area contributed by atoms with Gasteiger partial charge in [-0.1, -0.05) is 65.8 Å². The molecule has 0 aliphatic carbocycles. The predicted molar refractivity (Wildman–Crippen MR) is 137 cm³/mol. The summed E-state index contributed by atoms with van der Waals surface area (Å²) in [5, 5.41) is 0.844. The molecule has 0 unspecified atom stereocenters. The molecular weight excluding hydrogens is 444 g/mol. The van der Waals surface area contributed by atoms with E-state index in [1.54, 1.807) is 11.3 Å². The highest BCUT2D eigenvalue weighted by Crippen LogP contribution is 2.40. The highest BCUT2D eigenvalue weighted by Gasteiger charge is 2.24. The second-order valence-electron chi connectivity index (χ2n) is 10.8. The van der Waals surface area contributed by atoms with Gasteiger partial charge in [-0.15, -0.1) is 11.3 Å². The molecule has 0 saturated heterocycles. The van der Waals surface area contributed by atoms with Crippen LogP contribution in [0.25, 0.3) is 54.9 Å². The lowest BCUT2D eigenvalue weighted by molar-refractivity contribution is 0.540. The van der Waals surface area contributed by atoms with Crippen LogP contribution in [-0.4, -0.2) is 9.97 Å². The molecule has 2 aromatic carbocycles. The number of para-hydroxylation sites is 1. The normalized spacial score (nSPS) is 13.0. The minimum absolute atomic E-state index is 0.0431. The van der Waals surface area contributed by atoms with E-state index in [9.17, 15) is 0 Å². The van der Waals surface area contributed by atoms with Crippen molar-refractivity contribution in [2.45, 2.75) is 52.4 Å². The predicted octanol–water partition coefficient (Wildman–Crippen LogP) is 8.71. The molecule has 0 fully saturated rings. The van der Waals surface area contributed by atoms with Crippen LogP contribution < -0.4 is 0 Å². The van der Waals surface area contributed by atoms with Crippen molar-refractivity contribution in [3.8, 4) is 22.4 Å². The van der Waals surface area contributed by atoms with E-state index in [2.05, 4.69) is 70.8 Å². The van der Waals surface area contributed by atoms with E-state index in [1.165, 1.54) is 10.3 Å². The Morgan fingerprint density at radius 3 is 2.00 bits per heavy atom. The molecule has 4 heterocycles. The number of furan rings is 2. The SMILES string of the molecule is CC(C)(C)c1cccc2nc(-c3cc4oc(-c5nc6cccc(C(C)(C)C)c6s5)cc4o3)oc12. The second kappa shape index (κ2) is 7.06. The van der Waals surface area contributed by atoms with Gasteiger partial charge in [-0.25, -0.2) is 9.97 Å². The summed E-state index contributed by atoms with van der Waals surface area (Å²) in [6.45, 7) is 13.2. The third kappa shape index (κ3) is 3.36. The van der Waals surface area contributed by atoms with E-state index in [-0.39, 0.29) is 10.8 Å². The van der Waals surface area contributed by atoms with Gasteiger partial charge in [-0.3, -0.25) is 0 Å². The molecule has 0 saturated carbocycles. The summed E-state index contributed by atoms with van der Waals surface area (Å²) in [4.78, 5) is 9.49. The lowest BCUT2D eigenvalue weighted by Crippen LogP contribution is -2.10. The fourth-order valence-electron chi connectivity index (χ4n) is 4.34. The molecule has 6 rings (SSSR count). The molecule has 0 N–H and O–H groups in total. The molecule has 5 nitrogen and oxygen atoms in total. The van der Waals surface area contributed by atoms with Crippen LogP contribution in [0.5, 0.6) is 0 Å². The number of hydrogen-bond acceptors (Lipinski definition) is 6. The van der Waals surface area contributed by atoms with Gasteiger partial charge >= 0.3 is 0 Å². The van der Waals surface area contributed by atoms with Crippen LogP contribution in [0, 0.1) is 0 Å². The summed E-state index contributed by atoms with van der Waals surface area (Å²) < 4.78 is 19.6. The van der Waals surface area contributed by atoms with Crippen LogP contribution in [0.1, 0.15) is 52.7 Å². The van der Waals surface area contributed by atoms with E-state index >= 15 is 0 Å². The summed E-state index contributed by atoms with van der Waals surface area (Å²) in [6, 6.07) is 16.1. The van der Waals surface area contributed by atoms with Crippen LogP contribution in [0.15, 0.2) is 61.8 Å². The zero-order valence-corrected chi connectivity index (χ0v) is 21.0. The molecule has 34 heavy (non-hydrogen) atoms. The molecule has 0 amide bonds. The number of hydrogen-bond donors (Lipinski definition) is 0. The molecule has 6 heteroatoms. The van der Waals surface area contributed by atoms with Crippen molar-refractivity contribution in [2.75, 3.05) is 0 Å². The zero-order chi connectivity index (χ0) is 23.8. The lowest BCUT2D eigenvalue weighted by Gasteiger charge is -2.19. The van der Waals surface area contributed by atoms with Gasteiger partial charge in [0, 0.05) is 17.7 Å². The second-order valence-corrected chi connectivity index (χ2v) is 11.8. The lowest BCUT2D eigenvalue weighted by atomic mass is 9.86. The van der Waals surface area contributed by atoms with Crippen LogP contribution >= 0.6 is 11.3 Å². The Hall–Kier alpha value is -3.38. The average molecular weight is 471 g/mol. The first-order chi connectivity index (χ1) is 16.1. The monoisotopic (exact) mass is 470 g/mol. The van der Waals surface area contributed by atoms with Crippen molar-refractivity contribution in [3.63, 3.8) is 0 Å². The average Bonchev–Trinajstić information content (AvgIpc) is 3.50. The molecule has 0 aliphatic heterocycles. The molecule has 0 aliphatic rings. The van der Waals surface area contributed by atoms with E-state index in [1.807, 2.05) is 24.3 Å².